The third kappa shape index (κ3) is 7.50. The second kappa shape index (κ2) is 12.1. The molecule has 0 bridgehead atoms. The van der Waals surface area contributed by atoms with Gasteiger partial charge in [0.25, 0.3) is 0 Å². The van der Waals surface area contributed by atoms with Crippen LogP contribution in [0.15, 0.2) is 0 Å². The molecule has 5 unspecified atom stereocenters. The van der Waals surface area contributed by atoms with E-state index in [9.17, 15) is 24.9 Å². The van der Waals surface area contributed by atoms with Crippen LogP contribution in [0.1, 0.15) is 32.6 Å². The van der Waals surface area contributed by atoms with E-state index in [2.05, 4.69) is 21.2 Å². The van der Waals surface area contributed by atoms with Crippen molar-refractivity contribution in [3.05, 3.63) is 0 Å². The standard InChI is InChI=1S/C15H29N3O8/c1-9(20)16-12-14(23)13(22)10(8-19)26-15(12)25-7-5-3-4-6-11(21)17-18-24-2/h10,12-15,18-19,22-23H,3-8H2,1-2H3,(H,16,20)(H,17,21). The minimum atomic E-state index is -1.34. The quantitative estimate of drug-likeness (QED) is 0.171. The van der Waals surface area contributed by atoms with Gasteiger partial charge in [0.1, 0.15) is 24.4 Å². The molecule has 1 aliphatic rings. The van der Waals surface area contributed by atoms with Crippen LogP contribution in [0.25, 0.3) is 0 Å². The van der Waals surface area contributed by atoms with Crippen molar-refractivity contribution in [3.63, 3.8) is 0 Å². The number of hydrogen-bond acceptors (Lipinski definition) is 9. The minimum Gasteiger partial charge on any atom is -0.394 e. The Morgan fingerprint density at radius 2 is 1.88 bits per heavy atom. The molecule has 26 heavy (non-hydrogen) atoms. The number of amides is 2. The predicted octanol–water partition coefficient (Wildman–Crippen LogP) is -2.31. The van der Waals surface area contributed by atoms with Gasteiger partial charge in [-0.25, -0.2) is 0 Å². The number of hydrogen-bond donors (Lipinski definition) is 6. The summed E-state index contributed by atoms with van der Waals surface area (Å²) >= 11 is 0. The van der Waals surface area contributed by atoms with E-state index in [1.54, 1.807) is 0 Å². The molecule has 1 rings (SSSR count). The number of aliphatic hydroxyl groups is 3. The SMILES string of the molecule is CONNC(=O)CCCCCOC1OC(CO)C(O)C(O)C1NC(C)=O. The van der Waals surface area contributed by atoms with Gasteiger partial charge < -0.3 is 30.1 Å². The van der Waals surface area contributed by atoms with Crippen molar-refractivity contribution < 1.29 is 39.2 Å². The number of rotatable bonds is 11. The lowest BCUT2D eigenvalue weighted by Gasteiger charge is -2.42. The second-order valence-electron chi connectivity index (χ2n) is 5.97. The van der Waals surface area contributed by atoms with Crippen molar-refractivity contribution in [2.24, 2.45) is 0 Å². The van der Waals surface area contributed by atoms with Gasteiger partial charge in [0.2, 0.25) is 11.8 Å². The van der Waals surface area contributed by atoms with Gasteiger partial charge in [0.05, 0.1) is 13.7 Å². The summed E-state index contributed by atoms with van der Waals surface area (Å²) < 4.78 is 11.0. The molecule has 1 aliphatic heterocycles. The van der Waals surface area contributed by atoms with Crippen molar-refractivity contribution in [3.8, 4) is 0 Å². The van der Waals surface area contributed by atoms with Gasteiger partial charge in [0.15, 0.2) is 6.29 Å². The maximum Gasteiger partial charge on any atom is 0.235 e. The maximum absolute atomic E-state index is 11.3. The van der Waals surface area contributed by atoms with Gasteiger partial charge in [-0.2, -0.15) is 0 Å². The Morgan fingerprint density at radius 3 is 2.50 bits per heavy atom. The van der Waals surface area contributed by atoms with E-state index in [0.29, 0.717) is 25.7 Å². The van der Waals surface area contributed by atoms with Gasteiger partial charge in [-0.3, -0.25) is 19.9 Å². The molecule has 0 aromatic carbocycles. The highest BCUT2D eigenvalue weighted by molar-refractivity contribution is 5.75. The summed E-state index contributed by atoms with van der Waals surface area (Å²) in [7, 11) is 1.39. The summed E-state index contributed by atoms with van der Waals surface area (Å²) in [6, 6.07) is -0.948. The third-order valence-electron chi connectivity index (χ3n) is 3.87. The van der Waals surface area contributed by atoms with Gasteiger partial charge in [0, 0.05) is 20.0 Å². The maximum atomic E-state index is 11.3. The Kier molecular flexibility index (Phi) is 10.6. The fourth-order valence-electron chi connectivity index (χ4n) is 2.55. The van der Waals surface area contributed by atoms with E-state index < -0.39 is 43.2 Å². The molecule has 11 nitrogen and oxygen atoms in total. The number of carbonyl (C=O) groups is 2. The van der Waals surface area contributed by atoms with Crippen molar-refractivity contribution in [2.45, 2.75) is 63.3 Å². The molecule has 0 aromatic heterocycles. The first-order chi connectivity index (χ1) is 12.4. The molecule has 1 saturated heterocycles. The molecule has 152 valence electrons. The lowest BCUT2D eigenvalue weighted by atomic mass is 9.97. The number of carbonyl (C=O) groups excluding carboxylic acids is 2. The van der Waals surface area contributed by atoms with Crippen LogP contribution in [0.3, 0.4) is 0 Å². The average molecular weight is 379 g/mol. The lowest BCUT2D eigenvalue weighted by Crippen LogP contribution is -2.64. The van der Waals surface area contributed by atoms with Gasteiger partial charge in [-0.1, -0.05) is 6.42 Å². The third-order valence-corrected chi connectivity index (χ3v) is 3.87. The van der Waals surface area contributed by atoms with Crippen LogP contribution in [-0.4, -0.2) is 78.1 Å². The smallest absolute Gasteiger partial charge is 0.235 e. The summed E-state index contributed by atoms with van der Waals surface area (Å²) in [6.45, 7) is 1.05. The molecular weight excluding hydrogens is 350 g/mol. The number of ether oxygens (including phenoxy) is 2. The molecule has 0 aliphatic carbocycles. The first kappa shape index (κ1) is 22.7. The molecule has 11 heteroatoms. The number of aliphatic hydroxyl groups excluding tert-OH is 3. The van der Waals surface area contributed by atoms with Crippen LogP contribution in [0, 0.1) is 0 Å². The van der Waals surface area contributed by atoms with Crippen molar-refractivity contribution in [2.75, 3.05) is 20.3 Å². The number of nitrogens with one attached hydrogen (secondary N) is 3. The average Bonchev–Trinajstić information content (AvgIpc) is 2.61. The molecule has 0 radical (unpaired) electrons. The van der Waals surface area contributed by atoms with Crippen LogP contribution >= 0.6 is 0 Å². The molecule has 6 N–H and O–H groups in total. The molecule has 0 aromatic rings. The van der Waals surface area contributed by atoms with E-state index >= 15 is 0 Å². The van der Waals surface area contributed by atoms with E-state index in [1.165, 1.54) is 14.0 Å². The first-order valence-corrected chi connectivity index (χ1v) is 8.48. The van der Waals surface area contributed by atoms with E-state index in [-0.39, 0.29) is 12.5 Å². The van der Waals surface area contributed by atoms with Gasteiger partial charge >= 0.3 is 0 Å². The Balaban J connectivity index is 2.37. The molecule has 0 saturated carbocycles. The fraction of sp³-hybridized carbons (Fsp3) is 0.867. The van der Waals surface area contributed by atoms with Gasteiger partial charge in [-0.15, -0.1) is 5.59 Å². The first-order valence-electron chi connectivity index (χ1n) is 8.48. The largest absolute Gasteiger partial charge is 0.394 e. The zero-order valence-electron chi connectivity index (χ0n) is 15.0. The molecule has 2 amide bonds. The summed E-state index contributed by atoms with van der Waals surface area (Å²) in [5, 5.41) is 31.8. The Morgan fingerprint density at radius 1 is 1.15 bits per heavy atom. The Labute approximate surface area is 151 Å². The summed E-state index contributed by atoms with van der Waals surface area (Å²) in [5.41, 5.74) is 4.58. The predicted molar refractivity (Wildman–Crippen MR) is 88.1 cm³/mol. The van der Waals surface area contributed by atoms with E-state index in [0.717, 1.165) is 0 Å². The van der Waals surface area contributed by atoms with E-state index in [1.807, 2.05) is 0 Å². The lowest BCUT2D eigenvalue weighted by molar-refractivity contribution is -0.270. The Bertz CT molecular complexity index is 439. The zero-order chi connectivity index (χ0) is 19.5. The van der Waals surface area contributed by atoms with Crippen LogP contribution in [-0.2, 0) is 23.9 Å². The molecular formula is C15H29N3O8. The van der Waals surface area contributed by atoms with Crippen molar-refractivity contribution >= 4 is 11.8 Å². The molecule has 5 atom stereocenters. The van der Waals surface area contributed by atoms with Crippen LogP contribution in [0.5, 0.6) is 0 Å². The minimum absolute atomic E-state index is 0.197. The van der Waals surface area contributed by atoms with Crippen molar-refractivity contribution in [1.82, 2.24) is 16.3 Å². The highest BCUT2D eigenvalue weighted by Crippen LogP contribution is 2.22. The van der Waals surface area contributed by atoms with Gasteiger partial charge in [-0.05, 0) is 12.8 Å². The highest BCUT2D eigenvalue weighted by Gasteiger charge is 2.45. The topological polar surface area (TPSA) is 159 Å². The molecule has 1 fully saturated rings. The second-order valence-corrected chi connectivity index (χ2v) is 5.97. The summed E-state index contributed by atoms with van der Waals surface area (Å²) in [6.07, 6.45) is -2.36. The molecule has 1 heterocycles. The summed E-state index contributed by atoms with van der Waals surface area (Å²) in [5.74, 6) is -0.603. The number of hydrazine groups is 1. The van der Waals surface area contributed by atoms with Crippen molar-refractivity contribution in [1.29, 1.82) is 0 Å². The highest BCUT2D eigenvalue weighted by atomic mass is 16.7. The molecule has 0 spiro atoms. The zero-order valence-corrected chi connectivity index (χ0v) is 15.0. The van der Waals surface area contributed by atoms with E-state index in [4.69, 9.17) is 9.47 Å². The Hall–Kier alpha value is -1.34. The van der Waals surface area contributed by atoms with Crippen LogP contribution < -0.4 is 16.3 Å². The number of unbranched alkanes of at least 4 members (excludes halogenated alkanes) is 2. The monoisotopic (exact) mass is 379 g/mol. The normalized spacial score (nSPS) is 28.6. The van der Waals surface area contributed by atoms with Crippen LogP contribution in [0.4, 0.5) is 0 Å². The fourth-order valence-corrected chi connectivity index (χ4v) is 2.55. The van der Waals surface area contributed by atoms with Crippen LogP contribution in [0.2, 0.25) is 0 Å². The summed E-state index contributed by atoms with van der Waals surface area (Å²) in [4.78, 5) is 27.1.